The summed E-state index contributed by atoms with van der Waals surface area (Å²) in [4.78, 5) is 16.5. The molecule has 0 spiro atoms. The molecule has 6 heteroatoms. The smallest absolute Gasteiger partial charge is 0.266 e. The van der Waals surface area contributed by atoms with Gasteiger partial charge in [0.25, 0.3) is 5.91 Å². The van der Waals surface area contributed by atoms with Crippen molar-refractivity contribution in [2.45, 2.75) is 25.8 Å². The van der Waals surface area contributed by atoms with E-state index in [0.717, 1.165) is 31.5 Å². The number of nitrogens with zero attached hydrogens (tertiary/aromatic N) is 3. The third kappa shape index (κ3) is 4.27. The molecule has 1 heterocycles. The van der Waals surface area contributed by atoms with Crippen molar-refractivity contribution < 1.29 is 4.79 Å². The van der Waals surface area contributed by atoms with Crippen LogP contribution in [0.5, 0.6) is 0 Å². The molecule has 1 aliphatic rings. The molecule has 0 aliphatic carbocycles. The summed E-state index contributed by atoms with van der Waals surface area (Å²) in [6, 6.07) is 7.75. The quantitative estimate of drug-likeness (QED) is 0.501. The second-order valence-electron chi connectivity index (χ2n) is 6.36. The minimum absolute atomic E-state index is 0.0809. The van der Waals surface area contributed by atoms with Crippen molar-refractivity contribution in [3.05, 3.63) is 35.5 Å². The van der Waals surface area contributed by atoms with Gasteiger partial charge >= 0.3 is 0 Å². The number of rotatable bonds is 4. The number of carbonyl (C=O) groups is 1. The molecule has 0 aromatic heterocycles. The van der Waals surface area contributed by atoms with Gasteiger partial charge in [0.05, 0.1) is 11.4 Å². The number of aryl methyl sites for hydroxylation is 1. The van der Waals surface area contributed by atoms with Crippen LogP contribution >= 0.6 is 0 Å². The van der Waals surface area contributed by atoms with Gasteiger partial charge in [-0.1, -0.05) is 6.07 Å². The summed E-state index contributed by atoms with van der Waals surface area (Å²) >= 11 is 0. The zero-order valence-electron chi connectivity index (χ0n) is 14.5. The SMILES string of the molecule is Cc1ccc(N)c(N/C=C(/C#N)C(=O)N(C)C2CCN(C)CC2)c1. The highest BCUT2D eigenvalue weighted by atomic mass is 16.2. The number of hydrogen-bond donors (Lipinski definition) is 2. The van der Waals surface area contributed by atoms with E-state index in [0.29, 0.717) is 11.4 Å². The van der Waals surface area contributed by atoms with E-state index in [-0.39, 0.29) is 17.5 Å². The largest absolute Gasteiger partial charge is 0.397 e. The molecule has 0 atom stereocenters. The first-order chi connectivity index (χ1) is 11.4. The molecule has 1 aromatic carbocycles. The number of piperidine rings is 1. The van der Waals surface area contributed by atoms with Crippen LogP contribution in [-0.2, 0) is 4.79 Å². The minimum Gasteiger partial charge on any atom is -0.397 e. The molecule has 2 rings (SSSR count). The van der Waals surface area contributed by atoms with Crippen LogP contribution in [0, 0.1) is 18.3 Å². The number of nitrogen functional groups attached to an aromatic ring is 1. The zero-order chi connectivity index (χ0) is 17.7. The lowest BCUT2D eigenvalue weighted by Crippen LogP contribution is -2.44. The first-order valence-corrected chi connectivity index (χ1v) is 8.11. The van der Waals surface area contributed by atoms with Gasteiger partial charge in [0.1, 0.15) is 11.6 Å². The molecule has 0 unspecified atom stereocenters. The predicted molar refractivity (Wildman–Crippen MR) is 96.2 cm³/mol. The van der Waals surface area contributed by atoms with Crippen LogP contribution in [0.2, 0.25) is 0 Å². The van der Waals surface area contributed by atoms with E-state index < -0.39 is 0 Å². The molecule has 0 saturated carbocycles. The molecule has 24 heavy (non-hydrogen) atoms. The minimum atomic E-state index is -0.259. The number of benzene rings is 1. The summed E-state index contributed by atoms with van der Waals surface area (Å²) in [5.74, 6) is -0.259. The van der Waals surface area contributed by atoms with Crippen LogP contribution in [0.3, 0.4) is 0 Å². The average Bonchev–Trinajstić information content (AvgIpc) is 2.58. The number of anilines is 2. The molecule has 1 fully saturated rings. The molecule has 1 amide bonds. The Labute approximate surface area is 143 Å². The summed E-state index contributed by atoms with van der Waals surface area (Å²) in [6.07, 6.45) is 3.30. The van der Waals surface area contributed by atoms with Crippen molar-refractivity contribution in [1.29, 1.82) is 5.26 Å². The van der Waals surface area contributed by atoms with Gasteiger partial charge in [-0.25, -0.2) is 0 Å². The second kappa shape index (κ2) is 7.84. The lowest BCUT2D eigenvalue weighted by Gasteiger charge is -2.35. The Balaban J connectivity index is 2.08. The van der Waals surface area contributed by atoms with E-state index in [1.165, 1.54) is 6.20 Å². The Hall–Kier alpha value is -2.52. The third-order valence-electron chi connectivity index (χ3n) is 4.49. The highest BCUT2D eigenvalue weighted by Gasteiger charge is 2.25. The van der Waals surface area contributed by atoms with Crippen LogP contribution < -0.4 is 11.1 Å². The Morgan fingerprint density at radius 3 is 2.75 bits per heavy atom. The number of nitriles is 1. The molecule has 1 aliphatic heterocycles. The van der Waals surface area contributed by atoms with Gasteiger partial charge in [-0.15, -0.1) is 0 Å². The molecular formula is C18H25N5O. The molecule has 1 aromatic rings. The van der Waals surface area contributed by atoms with Crippen LogP contribution in [-0.4, -0.2) is 48.9 Å². The molecule has 0 bridgehead atoms. The van der Waals surface area contributed by atoms with E-state index in [1.807, 2.05) is 25.1 Å². The van der Waals surface area contributed by atoms with E-state index in [2.05, 4.69) is 17.3 Å². The summed E-state index contributed by atoms with van der Waals surface area (Å²) in [6.45, 7) is 3.89. The maximum Gasteiger partial charge on any atom is 0.266 e. The highest BCUT2D eigenvalue weighted by Crippen LogP contribution is 2.20. The summed E-state index contributed by atoms with van der Waals surface area (Å²) in [5.41, 5.74) is 8.31. The Kier molecular flexibility index (Phi) is 5.83. The van der Waals surface area contributed by atoms with Crippen molar-refractivity contribution in [1.82, 2.24) is 9.80 Å². The topological polar surface area (TPSA) is 85.4 Å². The van der Waals surface area contributed by atoms with Crippen molar-refractivity contribution in [3.8, 4) is 6.07 Å². The van der Waals surface area contributed by atoms with Crippen molar-refractivity contribution in [3.63, 3.8) is 0 Å². The fraction of sp³-hybridized carbons (Fsp3) is 0.444. The maximum atomic E-state index is 12.6. The van der Waals surface area contributed by atoms with Gasteiger partial charge < -0.3 is 20.9 Å². The number of amides is 1. The number of nitrogens with two attached hydrogens (primary N) is 1. The van der Waals surface area contributed by atoms with Gasteiger partial charge in [-0.05, 0) is 57.6 Å². The predicted octanol–water partition coefficient (Wildman–Crippen LogP) is 1.95. The van der Waals surface area contributed by atoms with Crippen LogP contribution in [0.1, 0.15) is 18.4 Å². The third-order valence-corrected chi connectivity index (χ3v) is 4.49. The van der Waals surface area contributed by atoms with Gasteiger partial charge in [0, 0.05) is 19.3 Å². The Morgan fingerprint density at radius 1 is 1.46 bits per heavy atom. The summed E-state index contributed by atoms with van der Waals surface area (Å²) < 4.78 is 0. The maximum absolute atomic E-state index is 12.6. The number of hydrogen-bond acceptors (Lipinski definition) is 5. The van der Waals surface area contributed by atoms with Gasteiger partial charge in [0.2, 0.25) is 0 Å². The average molecular weight is 327 g/mol. The van der Waals surface area contributed by atoms with Crippen molar-refractivity contribution >= 4 is 17.3 Å². The van der Waals surface area contributed by atoms with E-state index in [9.17, 15) is 10.1 Å². The second-order valence-corrected chi connectivity index (χ2v) is 6.36. The van der Waals surface area contributed by atoms with Gasteiger partial charge in [-0.2, -0.15) is 5.26 Å². The van der Waals surface area contributed by atoms with Crippen LogP contribution in [0.25, 0.3) is 0 Å². The van der Waals surface area contributed by atoms with E-state index in [4.69, 9.17) is 5.73 Å². The number of nitrogens with one attached hydrogen (secondary N) is 1. The van der Waals surface area contributed by atoms with Crippen molar-refractivity contribution in [2.75, 3.05) is 38.2 Å². The fourth-order valence-corrected chi connectivity index (χ4v) is 2.82. The normalized spacial score (nSPS) is 16.5. The van der Waals surface area contributed by atoms with E-state index in [1.54, 1.807) is 18.0 Å². The van der Waals surface area contributed by atoms with Crippen LogP contribution in [0.4, 0.5) is 11.4 Å². The van der Waals surface area contributed by atoms with E-state index >= 15 is 0 Å². The molecule has 1 saturated heterocycles. The van der Waals surface area contributed by atoms with Gasteiger partial charge in [0.15, 0.2) is 0 Å². The first-order valence-electron chi connectivity index (χ1n) is 8.11. The number of likely N-dealkylation sites (tertiary alicyclic amines) is 1. The fourth-order valence-electron chi connectivity index (χ4n) is 2.82. The standard InChI is InChI=1S/C18H25N5O/c1-13-4-5-16(20)17(10-13)21-12-14(11-19)18(24)23(3)15-6-8-22(2)9-7-15/h4-5,10,12,15,21H,6-9,20H2,1-3H3/b14-12-. The number of likely N-dealkylation sites (N-methyl/N-ethyl adjacent to an activating group) is 1. The molecule has 0 radical (unpaired) electrons. The molecule has 6 nitrogen and oxygen atoms in total. The lowest BCUT2D eigenvalue weighted by atomic mass is 10.0. The van der Waals surface area contributed by atoms with Crippen LogP contribution in [0.15, 0.2) is 30.0 Å². The lowest BCUT2D eigenvalue weighted by molar-refractivity contribution is -0.128. The van der Waals surface area contributed by atoms with Gasteiger partial charge in [-0.3, -0.25) is 4.79 Å². The highest BCUT2D eigenvalue weighted by molar-refractivity contribution is 5.97. The summed E-state index contributed by atoms with van der Waals surface area (Å²) in [5, 5.41) is 12.3. The monoisotopic (exact) mass is 327 g/mol. The molecule has 128 valence electrons. The first kappa shape index (κ1) is 17.8. The summed E-state index contributed by atoms with van der Waals surface area (Å²) in [7, 11) is 3.85. The zero-order valence-corrected chi connectivity index (χ0v) is 14.5. The van der Waals surface area contributed by atoms with Crippen molar-refractivity contribution in [2.24, 2.45) is 0 Å². The molecular weight excluding hydrogens is 302 g/mol. The molecule has 3 N–H and O–H groups in total. The number of carbonyl (C=O) groups excluding carboxylic acids is 1. The Morgan fingerprint density at radius 2 is 2.12 bits per heavy atom. The Bertz CT molecular complexity index is 668.